The van der Waals surface area contributed by atoms with Gasteiger partial charge in [0, 0.05) is 6.07 Å². The highest BCUT2D eigenvalue weighted by molar-refractivity contribution is 6.06. The van der Waals surface area contributed by atoms with Crippen molar-refractivity contribution >= 4 is 23.2 Å². The van der Waals surface area contributed by atoms with E-state index in [2.05, 4.69) is 5.32 Å². The van der Waals surface area contributed by atoms with E-state index in [0.717, 1.165) is 0 Å². The Bertz CT molecular complexity index is 852. The maximum atomic E-state index is 12.7. The average Bonchev–Trinajstić information content (AvgIpc) is 2.69. The molecule has 1 atom stereocenters. The molecule has 2 aromatic rings. The SMILES string of the molecule is CCC1Oc2ccccc2N(CC(=O)Nc2cc(OC)ccc2OC)C1=O. The molecule has 2 aromatic carbocycles. The van der Waals surface area contributed by atoms with Crippen molar-refractivity contribution in [3.05, 3.63) is 42.5 Å². The molecular formula is C20H22N2O5. The molecule has 0 aliphatic carbocycles. The van der Waals surface area contributed by atoms with Crippen LogP contribution >= 0.6 is 0 Å². The Morgan fingerprint density at radius 2 is 1.96 bits per heavy atom. The van der Waals surface area contributed by atoms with Crippen LogP contribution in [-0.2, 0) is 9.59 Å². The normalized spacial score (nSPS) is 15.6. The summed E-state index contributed by atoms with van der Waals surface area (Å²) in [5.41, 5.74) is 1.06. The number of nitrogens with one attached hydrogen (secondary N) is 1. The molecule has 7 nitrogen and oxygen atoms in total. The second-order valence-corrected chi connectivity index (χ2v) is 6.02. The summed E-state index contributed by atoms with van der Waals surface area (Å²) in [5, 5.41) is 2.79. The summed E-state index contributed by atoms with van der Waals surface area (Å²) in [6, 6.07) is 12.3. The standard InChI is InChI=1S/C20H22N2O5/c1-4-16-20(24)22(15-7-5-6-8-18(15)27-16)12-19(23)21-14-11-13(25-2)9-10-17(14)26-3/h5-11,16H,4,12H2,1-3H3,(H,21,23). The molecule has 0 fully saturated rings. The number of anilines is 2. The smallest absolute Gasteiger partial charge is 0.268 e. The van der Waals surface area contributed by atoms with Crippen LogP contribution in [0.5, 0.6) is 17.2 Å². The van der Waals surface area contributed by atoms with Crippen LogP contribution in [0.2, 0.25) is 0 Å². The highest BCUT2D eigenvalue weighted by Crippen LogP contribution is 2.34. The summed E-state index contributed by atoms with van der Waals surface area (Å²) in [7, 11) is 3.06. The average molecular weight is 370 g/mol. The third kappa shape index (κ3) is 3.81. The van der Waals surface area contributed by atoms with E-state index < -0.39 is 6.10 Å². The minimum atomic E-state index is -0.598. The van der Waals surface area contributed by atoms with E-state index in [1.54, 1.807) is 43.5 Å². The molecule has 0 radical (unpaired) electrons. The number of ether oxygens (including phenoxy) is 3. The van der Waals surface area contributed by atoms with Gasteiger partial charge < -0.3 is 19.5 Å². The zero-order chi connectivity index (χ0) is 19.4. The van der Waals surface area contributed by atoms with Crippen LogP contribution in [0.3, 0.4) is 0 Å². The van der Waals surface area contributed by atoms with Crippen molar-refractivity contribution in [2.24, 2.45) is 0 Å². The molecule has 27 heavy (non-hydrogen) atoms. The number of methoxy groups -OCH3 is 2. The van der Waals surface area contributed by atoms with Crippen molar-refractivity contribution in [1.82, 2.24) is 0 Å². The fourth-order valence-corrected chi connectivity index (χ4v) is 2.94. The molecule has 142 valence electrons. The summed E-state index contributed by atoms with van der Waals surface area (Å²) >= 11 is 0. The van der Waals surface area contributed by atoms with E-state index in [1.165, 1.54) is 12.0 Å². The van der Waals surface area contributed by atoms with Crippen molar-refractivity contribution in [2.75, 3.05) is 31.0 Å². The number of para-hydroxylation sites is 2. The molecule has 3 rings (SSSR count). The maximum absolute atomic E-state index is 12.7. The predicted octanol–water partition coefficient (Wildman–Crippen LogP) is 2.85. The Morgan fingerprint density at radius 1 is 1.19 bits per heavy atom. The molecular weight excluding hydrogens is 348 g/mol. The third-order valence-electron chi connectivity index (χ3n) is 4.32. The van der Waals surface area contributed by atoms with Crippen molar-refractivity contribution in [3.8, 4) is 17.2 Å². The van der Waals surface area contributed by atoms with E-state index in [9.17, 15) is 9.59 Å². The van der Waals surface area contributed by atoms with Gasteiger partial charge in [0.25, 0.3) is 5.91 Å². The molecule has 1 aliphatic rings. The number of rotatable bonds is 6. The fourth-order valence-electron chi connectivity index (χ4n) is 2.94. The Kier molecular flexibility index (Phi) is 5.49. The minimum absolute atomic E-state index is 0.129. The van der Waals surface area contributed by atoms with Gasteiger partial charge in [-0.3, -0.25) is 14.5 Å². The monoisotopic (exact) mass is 370 g/mol. The van der Waals surface area contributed by atoms with E-state index in [-0.39, 0.29) is 18.4 Å². The van der Waals surface area contributed by atoms with Crippen LogP contribution in [-0.4, -0.2) is 38.7 Å². The molecule has 7 heteroatoms. The highest BCUT2D eigenvalue weighted by Gasteiger charge is 2.34. The lowest BCUT2D eigenvalue weighted by molar-refractivity contribution is -0.128. The lowest BCUT2D eigenvalue weighted by Gasteiger charge is -2.33. The van der Waals surface area contributed by atoms with E-state index in [0.29, 0.717) is 35.0 Å². The summed E-state index contributed by atoms with van der Waals surface area (Å²) in [4.78, 5) is 26.8. The summed E-state index contributed by atoms with van der Waals surface area (Å²) < 4.78 is 16.2. The number of benzene rings is 2. The van der Waals surface area contributed by atoms with Gasteiger partial charge in [-0.05, 0) is 30.7 Å². The van der Waals surface area contributed by atoms with Crippen molar-refractivity contribution in [1.29, 1.82) is 0 Å². The lowest BCUT2D eigenvalue weighted by atomic mass is 10.1. The highest BCUT2D eigenvalue weighted by atomic mass is 16.5. The van der Waals surface area contributed by atoms with Gasteiger partial charge in [-0.25, -0.2) is 0 Å². The zero-order valence-electron chi connectivity index (χ0n) is 15.5. The molecule has 0 bridgehead atoms. The summed E-state index contributed by atoms with van der Waals surface area (Å²) in [6.45, 7) is 1.74. The van der Waals surface area contributed by atoms with Crippen LogP contribution in [0.25, 0.3) is 0 Å². The van der Waals surface area contributed by atoms with Gasteiger partial charge in [0.05, 0.1) is 25.6 Å². The van der Waals surface area contributed by atoms with Gasteiger partial charge in [-0.2, -0.15) is 0 Å². The molecule has 0 saturated carbocycles. The van der Waals surface area contributed by atoms with Gasteiger partial charge in [-0.15, -0.1) is 0 Å². The number of hydrogen-bond donors (Lipinski definition) is 1. The number of hydrogen-bond acceptors (Lipinski definition) is 5. The Hall–Kier alpha value is -3.22. The maximum Gasteiger partial charge on any atom is 0.268 e. The van der Waals surface area contributed by atoms with Crippen molar-refractivity contribution in [3.63, 3.8) is 0 Å². The van der Waals surface area contributed by atoms with Gasteiger partial charge in [0.15, 0.2) is 6.10 Å². The number of carbonyl (C=O) groups is 2. The third-order valence-corrected chi connectivity index (χ3v) is 4.32. The van der Waals surface area contributed by atoms with Crippen LogP contribution in [0, 0.1) is 0 Å². The van der Waals surface area contributed by atoms with Crippen LogP contribution in [0.1, 0.15) is 13.3 Å². The Balaban J connectivity index is 1.82. The van der Waals surface area contributed by atoms with Gasteiger partial charge in [0.1, 0.15) is 23.8 Å². The van der Waals surface area contributed by atoms with E-state index in [1.807, 2.05) is 13.0 Å². The Labute approximate surface area is 157 Å². The van der Waals surface area contributed by atoms with E-state index in [4.69, 9.17) is 14.2 Å². The molecule has 2 amide bonds. The number of amides is 2. The van der Waals surface area contributed by atoms with Gasteiger partial charge in [0.2, 0.25) is 5.91 Å². The van der Waals surface area contributed by atoms with Gasteiger partial charge >= 0.3 is 0 Å². The molecule has 1 N–H and O–H groups in total. The first-order valence-electron chi connectivity index (χ1n) is 8.66. The molecule has 1 aliphatic heterocycles. The molecule has 0 spiro atoms. The topological polar surface area (TPSA) is 77.1 Å². The number of carbonyl (C=O) groups excluding carboxylic acids is 2. The predicted molar refractivity (Wildman–Crippen MR) is 102 cm³/mol. The second-order valence-electron chi connectivity index (χ2n) is 6.02. The number of fused-ring (bicyclic) bond motifs is 1. The Morgan fingerprint density at radius 3 is 2.67 bits per heavy atom. The molecule has 0 aromatic heterocycles. The van der Waals surface area contributed by atoms with Crippen molar-refractivity contribution in [2.45, 2.75) is 19.4 Å². The quantitative estimate of drug-likeness (QED) is 0.846. The zero-order valence-corrected chi connectivity index (χ0v) is 15.5. The van der Waals surface area contributed by atoms with Gasteiger partial charge in [-0.1, -0.05) is 19.1 Å². The first-order valence-corrected chi connectivity index (χ1v) is 8.66. The molecule has 0 saturated heterocycles. The molecule has 1 unspecified atom stereocenters. The largest absolute Gasteiger partial charge is 0.497 e. The second kappa shape index (κ2) is 7.99. The van der Waals surface area contributed by atoms with Crippen LogP contribution < -0.4 is 24.4 Å². The summed E-state index contributed by atoms with van der Waals surface area (Å²) in [5.74, 6) is 1.11. The van der Waals surface area contributed by atoms with E-state index >= 15 is 0 Å². The first kappa shape index (κ1) is 18.6. The lowest BCUT2D eigenvalue weighted by Crippen LogP contribution is -2.48. The van der Waals surface area contributed by atoms with Crippen LogP contribution in [0.15, 0.2) is 42.5 Å². The van der Waals surface area contributed by atoms with Crippen molar-refractivity contribution < 1.29 is 23.8 Å². The summed E-state index contributed by atoms with van der Waals surface area (Å²) in [6.07, 6.45) is -0.0753. The van der Waals surface area contributed by atoms with Crippen LogP contribution in [0.4, 0.5) is 11.4 Å². The number of nitrogens with zero attached hydrogens (tertiary/aromatic N) is 1. The minimum Gasteiger partial charge on any atom is -0.497 e. The molecule has 1 heterocycles. The first-order chi connectivity index (χ1) is 13.1. The fraction of sp³-hybridized carbons (Fsp3) is 0.300.